The van der Waals surface area contributed by atoms with Crippen molar-refractivity contribution in [3.63, 3.8) is 0 Å². The van der Waals surface area contributed by atoms with E-state index in [4.69, 9.17) is 26.3 Å². The summed E-state index contributed by atoms with van der Waals surface area (Å²) in [7, 11) is 1.65. The number of methoxy groups -OCH3 is 1. The number of aryl methyl sites for hydroxylation is 1. The number of halogens is 1. The number of hydrogen-bond donors (Lipinski definition) is 0. The lowest BCUT2D eigenvalue weighted by Gasteiger charge is -2.13. The fourth-order valence-corrected chi connectivity index (χ4v) is 4.44. The monoisotopic (exact) mass is 440 g/mol. The topological polar surface area (TPSA) is 69.9 Å². The second-order valence-electron chi connectivity index (χ2n) is 6.89. The number of hydrogen-bond acceptors (Lipinski definition) is 6. The van der Waals surface area contributed by atoms with Gasteiger partial charge in [-0.25, -0.2) is 15.0 Å². The number of aromatic nitrogens is 4. The molecule has 0 N–H and O–H groups in total. The SMILES string of the molecule is COCCCn1c(SCc2nc3ccccc3nc2C)nc2cc(Cl)ccc2c1=O. The summed E-state index contributed by atoms with van der Waals surface area (Å²) >= 11 is 7.61. The van der Waals surface area contributed by atoms with Gasteiger partial charge < -0.3 is 4.74 Å². The van der Waals surface area contributed by atoms with Gasteiger partial charge in [-0.2, -0.15) is 0 Å². The van der Waals surface area contributed by atoms with Crippen molar-refractivity contribution >= 4 is 45.3 Å². The molecule has 154 valence electrons. The molecule has 0 atom stereocenters. The summed E-state index contributed by atoms with van der Waals surface area (Å²) in [6.07, 6.45) is 0.722. The van der Waals surface area contributed by atoms with Gasteiger partial charge in [0.2, 0.25) is 0 Å². The third-order valence-electron chi connectivity index (χ3n) is 4.79. The van der Waals surface area contributed by atoms with E-state index in [2.05, 4.69) is 4.98 Å². The predicted molar refractivity (Wildman–Crippen MR) is 121 cm³/mol. The highest BCUT2D eigenvalue weighted by atomic mass is 35.5. The molecular weight excluding hydrogens is 420 g/mol. The molecule has 0 saturated heterocycles. The van der Waals surface area contributed by atoms with Gasteiger partial charge in [-0.3, -0.25) is 9.36 Å². The number of benzene rings is 2. The number of nitrogens with zero attached hydrogens (tertiary/aromatic N) is 4. The van der Waals surface area contributed by atoms with Crippen LogP contribution in [0.25, 0.3) is 21.9 Å². The molecule has 2 aromatic heterocycles. The van der Waals surface area contributed by atoms with Crippen LogP contribution in [0.2, 0.25) is 5.02 Å². The lowest BCUT2D eigenvalue weighted by Crippen LogP contribution is -2.24. The first-order valence-electron chi connectivity index (χ1n) is 9.61. The highest BCUT2D eigenvalue weighted by Crippen LogP contribution is 2.25. The van der Waals surface area contributed by atoms with Gasteiger partial charge >= 0.3 is 0 Å². The molecule has 0 aliphatic rings. The highest BCUT2D eigenvalue weighted by Gasteiger charge is 2.14. The number of fused-ring (bicyclic) bond motifs is 2. The molecule has 4 rings (SSSR count). The highest BCUT2D eigenvalue weighted by molar-refractivity contribution is 7.98. The number of rotatable bonds is 7. The Bertz CT molecular complexity index is 1280. The molecule has 30 heavy (non-hydrogen) atoms. The zero-order valence-electron chi connectivity index (χ0n) is 16.8. The Kier molecular flexibility index (Phi) is 6.32. The molecule has 0 aliphatic heterocycles. The van der Waals surface area contributed by atoms with Crippen molar-refractivity contribution in [2.45, 2.75) is 30.8 Å². The summed E-state index contributed by atoms with van der Waals surface area (Å²) in [6, 6.07) is 13.0. The van der Waals surface area contributed by atoms with Crippen molar-refractivity contribution in [1.82, 2.24) is 19.5 Å². The number of ether oxygens (including phenoxy) is 1. The summed E-state index contributed by atoms with van der Waals surface area (Å²) in [5.41, 5.74) is 4.00. The first-order chi connectivity index (χ1) is 14.6. The van der Waals surface area contributed by atoms with Crippen molar-refractivity contribution < 1.29 is 4.74 Å². The minimum atomic E-state index is -0.0726. The zero-order chi connectivity index (χ0) is 21.1. The van der Waals surface area contributed by atoms with Crippen LogP contribution in [0.1, 0.15) is 17.8 Å². The van der Waals surface area contributed by atoms with Gasteiger partial charge in [0.05, 0.1) is 33.3 Å². The fourth-order valence-electron chi connectivity index (χ4n) is 3.24. The summed E-state index contributed by atoms with van der Waals surface area (Å²) in [5.74, 6) is 0.562. The quantitative estimate of drug-likeness (QED) is 0.237. The Morgan fingerprint density at radius 3 is 2.60 bits per heavy atom. The molecule has 0 fully saturated rings. The molecule has 0 unspecified atom stereocenters. The maximum Gasteiger partial charge on any atom is 0.262 e. The fraction of sp³-hybridized carbons (Fsp3) is 0.273. The van der Waals surface area contributed by atoms with Crippen molar-refractivity contribution in [2.24, 2.45) is 0 Å². The summed E-state index contributed by atoms with van der Waals surface area (Å²) in [4.78, 5) is 27.2. The van der Waals surface area contributed by atoms with E-state index in [1.165, 1.54) is 11.8 Å². The minimum Gasteiger partial charge on any atom is -0.385 e. The van der Waals surface area contributed by atoms with Gasteiger partial charge in [0.25, 0.3) is 5.56 Å². The van der Waals surface area contributed by atoms with Crippen molar-refractivity contribution in [2.75, 3.05) is 13.7 Å². The normalized spacial score (nSPS) is 11.4. The van der Waals surface area contributed by atoms with Gasteiger partial charge in [-0.05, 0) is 43.7 Å². The number of thioether (sulfide) groups is 1. The van der Waals surface area contributed by atoms with Crippen molar-refractivity contribution in [3.05, 3.63) is 69.2 Å². The molecule has 0 spiro atoms. The first-order valence-corrected chi connectivity index (χ1v) is 11.0. The molecule has 8 heteroatoms. The van der Waals surface area contributed by atoms with Crippen molar-refractivity contribution in [3.8, 4) is 0 Å². The lowest BCUT2D eigenvalue weighted by atomic mass is 10.2. The largest absolute Gasteiger partial charge is 0.385 e. The molecule has 0 radical (unpaired) electrons. The summed E-state index contributed by atoms with van der Waals surface area (Å²) in [6.45, 7) is 3.06. The van der Waals surface area contributed by atoms with E-state index in [-0.39, 0.29) is 5.56 Å². The van der Waals surface area contributed by atoms with Crippen LogP contribution in [0.4, 0.5) is 0 Å². The second kappa shape index (κ2) is 9.12. The first kappa shape index (κ1) is 20.8. The minimum absolute atomic E-state index is 0.0726. The summed E-state index contributed by atoms with van der Waals surface area (Å²) in [5, 5.41) is 1.75. The molecule has 0 amide bonds. The second-order valence-corrected chi connectivity index (χ2v) is 8.27. The van der Waals surface area contributed by atoms with E-state index in [0.29, 0.717) is 40.0 Å². The van der Waals surface area contributed by atoms with E-state index < -0.39 is 0 Å². The Morgan fingerprint density at radius 1 is 1.07 bits per heavy atom. The zero-order valence-corrected chi connectivity index (χ0v) is 18.3. The summed E-state index contributed by atoms with van der Waals surface area (Å²) < 4.78 is 6.87. The van der Waals surface area contributed by atoms with Gasteiger partial charge in [0.15, 0.2) is 5.16 Å². The lowest BCUT2D eigenvalue weighted by molar-refractivity contribution is 0.189. The van der Waals surface area contributed by atoms with Crippen LogP contribution in [0.3, 0.4) is 0 Å². The van der Waals surface area contributed by atoms with Gasteiger partial charge in [-0.15, -0.1) is 0 Å². The van der Waals surface area contributed by atoms with E-state index in [1.54, 1.807) is 29.9 Å². The third-order valence-corrected chi connectivity index (χ3v) is 6.02. The van der Waals surface area contributed by atoms with Crippen LogP contribution in [0.15, 0.2) is 52.4 Å². The van der Waals surface area contributed by atoms with Crippen LogP contribution in [-0.2, 0) is 17.0 Å². The van der Waals surface area contributed by atoms with Crippen LogP contribution in [0.5, 0.6) is 0 Å². The molecule has 0 aliphatic carbocycles. The molecule has 4 aromatic rings. The third kappa shape index (κ3) is 4.33. The predicted octanol–water partition coefficient (Wildman–Crippen LogP) is 4.63. The molecular formula is C22H21ClN4O2S. The Labute approximate surface area is 183 Å². The maximum absolute atomic E-state index is 13.1. The average molecular weight is 441 g/mol. The Hall–Kier alpha value is -2.48. The standard InChI is InChI=1S/C22H21ClN4O2S/c1-14-20(25-18-7-4-3-6-17(18)24-14)13-30-22-26-19-12-15(23)8-9-16(19)21(28)27(22)10-5-11-29-2/h3-4,6-9,12H,5,10-11,13H2,1-2H3. The van der Waals surface area contributed by atoms with E-state index in [9.17, 15) is 4.79 Å². The number of para-hydroxylation sites is 2. The maximum atomic E-state index is 13.1. The van der Waals surface area contributed by atoms with Gasteiger partial charge in [-0.1, -0.05) is 35.5 Å². The Morgan fingerprint density at radius 2 is 1.83 bits per heavy atom. The van der Waals surface area contributed by atoms with E-state index in [0.717, 1.165) is 28.8 Å². The van der Waals surface area contributed by atoms with Crippen LogP contribution < -0.4 is 5.56 Å². The molecule has 2 aromatic carbocycles. The van der Waals surface area contributed by atoms with Gasteiger partial charge in [0, 0.05) is 31.0 Å². The van der Waals surface area contributed by atoms with Crippen LogP contribution >= 0.6 is 23.4 Å². The Balaban J connectivity index is 1.71. The van der Waals surface area contributed by atoms with Crippen LogP contribution in [0, 0.1) is 6.92 Å². The molecule has 0 bridgehead atoms. The molecule has 2 heterocycles. The van der Waals surface area contributed by atoms with Crippen molar-refractivity contribution in [1.29, 1.82) is 0 Å². The molecule has 6 nitrogen and oxygen atoms in total. The van der Waals surface area contributed by atoms with Gasteiger partial charge in [0.1, 0.15) is 0 Å². The van der Waals surface area contributed by atoms with E-state index >= 15 is 0 Å². The smallest absolute Gasteiger partial charge is 0.262 e. The van der Waals surface area contributed by atoms with E-state index in [1.807, 2.05) is 31.2 Å². The molecule has 0 saturated carbocycles. The van der Waals surface area contributed by atoms with Crippen LogP contribution in [-0.4, -0.2) is 33.2 Å². The average Bonchev–Trinajstić information content (AvgIpc) is 2.74.